The van der Waals surface area contributed by atoms with Crippen LogP contribution in [0, 0.1) is 0 Å². The molecule has 1 aliphatic rings. The summed E-state index contributed by atoms with van der Waals surface area (Å²) in [5.74, 6) is 0.509. The number of benzene rings is 1. The fourth-order valence-electron chi connectivity index (χ4n) is 2.72. The summed E-state index contributed by atoms with van der Waals surface area (Å²) in [7, 11) is 0. The molecule has 4 heteroatoms. The third-order valence-corrected chi connectivity index (χ3v) is 4.10. The molecule has 0 saturated carbocycles. The van der Waals surface area contributed by atoms with Crippen LogP contribution >= 0.6 is 0 Å². The van der Waals surface area contributed by atoms with Gasteiger partial charge in [-0.25, -0.2) is 4.79 Å². The molecule has 1 N–H and O–H groups in total. The molecule has 1 heterocycles. The molecule has 2 rings (SSSR count). The van der Waals surface area contributed by atoms with E-state index >= 15 is 0 Å². The number of nitrogens with zero attached hydrogens (tertiary/aromatic N) is 1. The highest BCUT2D eigenvalue weighted by Gasteiger charge is 2.23. The van der Waals surface area contributed by atoms with Crippen LogP contribution in [-0.2, 0) is 4.74 Å². The predicted molar refractivity (Wildman–Crippen MR) is 84.5 cm³/mol. The zero-order valence-electron chi connectivity index (χ0n) is 13.0. The van der Waals surface area contributed by atoms with Gasteiger partial charge in [0.1, 0.15) is 0 Å². The van der Waals surface area contributed by atoms with E-state index in [9.17, 15) is 4.79 Å². The van der Waals surface area contributed by atoms with E-state index in [1.165, 1.54) is 5.56 Å². The Bertz CT molecular complexity index is 428. The van der Waals surface area contributed by atoms with Gasteiger partial charge in [0.15, 0.2) is 0 Å². The number of rotatable bonds is 5. The molecule has 4 nitrogen and oxygen atoms in total. The minimum Gasteiger partial charge on any atom is -0.450 e. The Balaban J connectivity index is 1.70. The number of ether oxygens (including phenoxy) is 1. The van der Waals surface area contributed by atoms with Crippen LogP contribution in [0.4, 0.5) is 4.79 Å². The van der Waals surface area contributed by atoms with Crippen LogP contribution in [0.15, 0.2) is 30.3 Å². The fraction of sp³-hybridized carbons (Fsp3) is 0.588. The fourth-order valence-corrected chi connectivity index (χ4v) is 2.72. The minimum absolute atomic E-state index is 0.173. The van der Waals surface area contributed by atoms with Gasteiger partial charge in [0.25, 0.3) is 0 Å². The molecule has 1 amide bonds. The standard InChI is InChI=1S/C17H26N2O2/c1-3-21-17(20)19-11-9-16(10-12-19)18-13-14(2)15-7-5-4-6-8-15/h4-8,14,16,18H,3,9-13H2,1-2H3. The summed E-state index contributed by atoms with van der Waals surface area (Å²) in [5.41, 5.74) is 1.37. The summed E-state index contributed by atoms with van der Waals surface area (Å²) in [6, 6.07) is 11.1. The third-order valence-electron chi connectivity index (χ3n) is 4.10. The molecule has 21 heavy (non-hydrogen) atoms. The van der Waals surface area contributed by atoms with Crippen molar-refractivity contribution in [2.45, 2.75) is 38.6 Å². The molecule has 1 saturated heterocycles. The van der Waals surface area contributed by atoms with E-state index in [0.717, 1.165) is 32.5 Å². The Hall–Kier alpha value is -1.55. The van der Waals surface area contributed by atoms with Crippen LogP contribution in [-0.4, -0.2) is 43.3 Å². The lowest BCUT2D eigenvalue weighted by Crippen LogP contribution is -2.45. The van der Waals surface area contributed by atoms with Crippen molar-refractivity contribution in [3.8, 4) is 0 Å². The van der Waals surface area contributed by atoms with Crippen LogP contribution in [0.5, 0.6) is 0 Å². The van der Waals surface area contributed by atoms with Crippen LogP contribution < -0.4 is 5.32 Å². The van der Waals surface area contributed by atoms with Gasteiger partial charge >= 0.3 is 6.09 Å². The van der Waals surface area contributed by atoms with E-state index in [1.54, 1.807) is 0 Å². The van der Waals surface area contributed by atoms with Crippen molar-refractivity contribution in [3.05, 3.63) is 35.9 Å². The maximum absolute atomic E-state index is 11.6. The largest absolute Gasteiger partial charge is 0.450 e. The maximum atomic E-state index is 11.6. The van der Waals surface area contributed by atoms with Crippen molar-refractivity contribution in [1.29, 1.82) is 0 Å². The van der Waals surface area contributed by atoms with E-state index in [-0.39, 0.29) is 6.09 Å². The number of hydrogen-bond acceptors (Lipinski definition) is 3. The van der Waals surface area contributed by atoms with Crippen molar-refractivity contribution in [2.75, 3.05) is 26.2 Å². The molecule has 1 aliphatic heterocycles. The minimum atomic E-state index is -0.173. The molecule has 0 radical (unpaired) electrons. The van der Waals surface area contributed by atoms with Gasteiger partial charge in [-0.1, -0.05) is 37.3 Å². The number of amides is 1. The predicted octanol–water partition coefficient (Wildman–Crippen LogP) is 3.00. The SMILES string of the molecule is CCOC(=O)N1CCC(NCC(C)c2ccccc2)CC1. The van der Waals surface area contributed by atoms with Crippen LogP contribution in [0.1, 0.15) is 38.2 Å². The maximum Gasteiger partial charge on any atom is 0.409 e. The molecule has 1 aromatic carbocycles. The summed E-state index contributed by atoms with van der Waals surface area (Å²) in [6.07, 6.45) is 1.83. The monoisotopic (exact) mass is 290 g/mol. The molecular weight excluding hydrogens is 264 g/mol. The van der Waals surface area contributed by atoms with Crippen molar-refractivity contribution in [2.24, 2.45) is 0 Å². The summed E-state index contributed by atoms with van der Waals surface area (Å²) in [6.45, 7) is 7.10. The number of likely N-dealkylation sites (tertiary alicyclic amines) is 1. The first kappa shape index (κ1) is 15.8. The van der Waals surface area contributed by atoms with E-state index in [1.807, 2.05) is 11.8 Å². The van der Waals surface area contributed by atoms with E-state index < -0.39 is 0 Å². The zero-order chi connectivity index (χ0) is 15.1. The van der Waals surface area contributed by atoms with Crippen molar-refractivity contribution < 1.29 is 9.53 Å². The molecule has 0 aliphatic carbocycles. The molecule has 0 aromatic heterocycles. The van der Waals surface area contributed by atoms with E-state index in [0.29, 0.717) is 18.6 Å². The molecule has 1 aromatic rings. The van der Waals surface area contributed by atoms with E-state index in [4.69, 9.17) is 4.74 Å². The average Bonchev–Trinajstić information content (AvgIpc) is 2.54. The first-order valence-corrected chi connectivity index (χ1v) is 7.90. The first-order chi connectivity index (χ1) is 10.2. The quantitative estimate of drug-likeness (QED) is 0.906. The number of carbonyl (C=O) groups is 1. The molecular formula is C17H26N2O2. The first-order valence-electron chi connectivity index (χ1n) is 7.90. The summed E-state index contributed by atoms with van der Waals surface area (Å²) >= 11 is 0. The second-order valence-electron chi connectivity index (χ2n) is 5.68. The second kappa shape index (κ2) is 8.03. The van der Waals surface area contributed by atoms with Crippen LogP contribution in [0.25, 0.3) is 0 Å². The van der Waals surface area contributed by atoms with Gasteiger partial charge in [0.05, 0.1) is 6.61 Å². The topological polar surface area (TPSA) is 41.6 Å². The van der Waals surface area contributed by atoms with Crippen LogP contribution in [0.2, 0.25) is 0 Å². The number of carbonyl (C=O) groups excluding carboxylic acids is 1. The van der Waals surface area contributed by atoms with Gasteiger partial charge in [-0.3, -0.25) is 0 Å². The third kappa shape index (κ3) is 4.74. The second-order valence-corrected chi connectivity index (χ2v) is 5.68. The Morgan fingerprint density at radius 3 is 2.62 bits per heavy atom. The Kier molecular flexibility index (Phi) is 6.05. The van der Waals surface area contributed by atoms with Gasteiger partial charge in [0.2, 0.25) is 0 Å². The van der Waals surface area contributed by atoms with Crippen LogP contribution in [0.3, 0.4) is 0 Å². The van der Waals surface area contributed by atoms with Crippen molar-refractivity contribution in [3.63, 3.8) is 0 Å². The summed E-state index contributed by atoms with van der Waals surface area (Å²) in [5, 5.41) is 3.63. The number of hydrogen-bond donors (Lipinski definition) is 1. The summed E-state index contributed by atoms with van der Waals surface area (Å²) < 4.78 is 5.04. The Morgan fingerprint density at radius 1 is 1.33 bits per heavy atom. The lowest BCUT2D eigenvalue weighted by atomic mass is 9.99. The highest BCUT2D eigenvalue weighted by atomic mass is 16.6. The number of nitrogens with one attached hydrogen (secondary N) is 1. The van der Waals surface area contributed by atoms with Crippen molar-refractivity contribution >= 4 is 6.09 Å². The molecule has 1 fully saturated rings. The normalized spacial score (nSPS) is 17.5. The van der Waals surface area contributed by atoms with Crippen molar-refractivity contribution in [1.82, 2.24) is 10.2 Å². The number of piperidine rings is 1. The molecule has 1 atom stereocenters. The lowest BCUT2D eigenvalue weighted by Gasteiger charge is -2.32. The molecule has 0 bridgehead atoms. The highest BCUT2D eigenvalue weighted by molar-refractivity contribution is 5.67. The average molecular weight is 290 g/mol. The molecule has 116 valence electrons. The van der Waals surface area contributed by atoms with Gasteiger partial charge in [-0.05, 0) is 31.2 Å². The Morgan fingerprint density at radius 2 is 2.00 bits per heavy atom. The smallest absolute Gasteiger partial charge is 0.409 e. The van der Waals surface area contributed by atoms with Gasteiger partial charge < -0.3 is 15.0 Å². The molecule has 0 spiro atoms. The summed E-state index contributed by atoms with van der Waals surface area (Å²) in [4.78, 5) is 13.4. The van der Waals surface area contributed by atoms with E-state index in [2.05, 4.69) is 42.6 Å². The zero-order valence-corrected chi connectivity index (χ0v) is 13.0. The Labute approximate surface area is 127 Å². The highest BCUT2D eigenvalue weighted by Crippen LogP contribution is 2.16. The van der Waals surface area contributed by atoms with Gasteiger partial charge in [-0.2, -0.15) is 0 Å². The molecule has 1 unspecified atom stereocenters. The lowest BCUT2D eigenvalue weighted by molar-refractivity contribution is 0.0950. The van der Waals surface area contributed by atoms with Gasteiger partial charge in [-0.15, -0.1) is 0 Å². The van der Waals surface area contributed by atoms with Gasteiger partial charge in [0, 0.05) is 25.7 Å².